The average Bonchev–Trinajstić information content (AvgIpc) is 2.83. The number of aromatic amines is 1. The van der Waals surface area contributed by atoms with E-state index in [1.165, 1.54) is 6.07 Å². The maximum Gasteiger partial charge on any atom is 0.191 e. The Morgan fingerprint density at radius 1 is 1.35 bits per heavy atom. The van der Waals surface area contributed by atoms with Gasteiger partial charge < -0.3 is 9.40 Å². The fourth-order valence-electron chi connectivity index (χ4n) is 1.66. The molecule has 0 amide bonds. The number of pyridine rings is 2. The number of aromatic nitrogens is 2. The Bertz CT molecular complexity index is 732. The monoisotopic (exact) mass is 290 g/mol. The van der Waals surface area contributed by atoms with Gasteiger partial charge in [0.2, 0.25) is 0 Å². The zero-order valence-corrected chi connectivity index (χ0v) is 10.2. The van der Waals surface area contributed by atoms with Crippen molar-refractivity contribution in [1.29, 1.82) is 0 Å². The van der Waals surface area contributed by atoms with Gasteiger partial charge in [0.15, 0.2) is 11.2 Å². The summed E-state index contributed by atoms with van der Waals surface area (Å²) in [5, 5.41) is 0.551. The second-order valence-electron chi connectivity index (χ2n) is 3.53. The summed E-state index contributed by atoms with van der Waals surface area (Å²) in [5.74, 6) is 0.656. The Kier molecular flexibility index (Phi) is 2.33. The van der Waals surface area contributed by atoms with E-state index in [9.17, 15) is 4.79 Å². The van der Waals surface area contributed by atoms with Gasteiger partial charge in [-0.05, 0) is 34.1 Å². The SMILES string of the molecule is O=c1cc[nH]c2nc(-c3ccco3)c(Br)cc12. The van der Waals surface area contributed by atoms with Crippen LogP contribution in [0.15, 0.2) is 50.4 Å². The molecule has 0 aliphatic heterocycles. The number of hydrogen-bond donors (Lipinski definition) is 1. The highest BCUT2D eigenvalue weighted by Crippen LogP contribution is 2.28. The van der Waals surface area contributed by atoms with E-state index in [4.69, 9.17) is 4.42 Å². The third-order valence-electron chi connectivity index (χ3n) is 2.45. The number of nitrogens with one attached hydrogen (secondary N) is 1. The van der Waals surface area contributed by atoms with Crippen LogP contribution in [0.2, 0.25) is 0 Å². The van der Waals surface area contributed by atoms with Crippen LogP contribution in [-0.2, 0) is 0 Å². The fourth-order valence-corrected chi connectivity index (χ4v) is 2.17. The van der Waals surface area contributed by atoms with Crippen molar-refractivity contribution >= 4 is 27.0 Å². The third kappa shape index (κ3) is 1.68. The van der Waals surface area contributed by atoms with Crippen LogP contribution in [0.3, 0.4) is 0 Å². The van der Waals surface area contributed by atoms with Crippen molar-refractivity contribution < 1.29 is 4.42 Å². The van der Waals surface area contributed by atoms with Gasteiger partial charge in [0.05, 0.1) is 11.6 Å². The Hall–Kier alpha value is -1.88. The molecule has 0 saturated carbocycles. The van der Waals surface area contributed by atoms with E-state index in [0.29, 0.717) is 22.5 Å². The van der Waals surface area contributed by atoms with Crippen LogP contribution in [0.1, 0.15) is 0 Å². The molecule has 84 valence electrons. The van der Waals surface area contributed by atoms with Crippen molar-refractivity contribution in [2.45, 2.75) is 0 Å². The van der Waals surface area contributed by atoms with Gasteiger partial charge in [0, 0.05) is 16.7 Å². The number of halogens is 1. The van der Waals surface area contributed by atoms with Crippen molar-refractivity contribution in [3.05, 3.63) is 51.4 Å². The summed E-state index contributed by atoms with van der Waals surface area (Å²) in [6, 6.07) is 6.84. The van der Waals surface area contributed by atoms with Gasteiger partial charge in [0.25, 0.3) is 0 Å². The first-order chi connectivity index (χ1) is 8.25. The summed E-state index contributed by atoms with van der Waals surface area (Å²) >= 11 is 3.40. The first-order valence-corrected chi connectivity index (χ1v) is 5.77. The molecule has 0 bridgehead atoms. The molecule has 0 aliphatic rings. The number of furan rings is 1. The van der Waals surface area contributed by atoms with Crippen LogP contribution < -0.4 is 5.43 Å². The molecule has 0 aliphatic carbocycles. The number of fused-ring (bicyclic) bond motifs is 1. The third-order valence-corrected chi connectivity index (χ3v) is 3.06. The maximum atomic E-state index is 11.6. The Morgan fingerprint density at radius 2 is 2.24 bits per heavy atom. The molecule has 3 rings (SSSR count). The Morgan fingerprint density at radius 3 is 3.00 bits per heavy atom. The minimum Gasteiger partial charge on any atom is -0.463 e. The highest BCUT2D eigenvalue weighted by molar-refractivity contribution is 9.10. The quantitative estimate of drug-likeness (QED) is 0.750. The summed E-state index contributed by atoms with van der Waals surface area (Å²) in [7, 11) is 0. The average molecular weight is 291 g/mol. The zero-order valence-electron chi connectivity index (χ0n) is 8.61. The number of nitrogens with zero attached hydrogens (tertiary/aromatic N) is 1. The summed E-state index contributed by atoms with van der Waals surface area (Å²) in [5.41, 5.74) is 1.16. The van der Waals surface area contributed by atoms with Crippen molar-refractivity contribution in [3.8, 4) is 11.5 Å². The second kappa shape index (κ2) is 3.85. The molecule has 0 fully saturated rings. The van der Waals surface area contributed by atoms with E-state index < -0.39 is 0 Å². The lowest BCUT2D eigenvalue weighted by atomic mass is 10.2. The van der Waals surface area contributed by atoms with Crippen LogP contribution in [0.5, 0.6) is 0 Å². The van der Waals surface area contributed by atoms with E-state index in [0.717, 1.165) is 4.47 Å². The molecule has 0 spiro atoms. The van der Waals surface area contributed by atoms with E-state index in [2.05, 4.69) is 25.9 Å². The van der Waals surface area contributed by atoms with Gasteiger partial charge in [-0.2, -0.15) is 0 Å². The summed E-state index contributed by atoms with van der Waals surface area (Å²) < 4.78 is 6.03. The van der Waals surface area contributed by atoms with Gasteiger partial charge in [-0.15, -0.1) is 0 Å². The van der Waals surface area contributed by atoms with Crippen LogP contribution in [-0.4, -0.2) is 9.97 Å². The van der Waals surface area contributed by atoms with Crippen LogP contribution in [0.4, 0.5) is 0 Å². The van der Waals surface area contributed by atoms with Crippen molar-refractivity contribution in [2.24, 2.45) is 0 Å². The number of H-pyrrole nitrogens is 1. The highest BCUT2D eigenvalue weighted by Gasteiger charge is 2.10. The summed E-state index contributed by atoms with van der Waals surface area (Å²) in [6.45, 7) is 0. The highest BCUT2D eigenvalue weighted by atomic mass is 79.9. The Balaban J connectivity index is 2.36. The van der Waals surface area contributed by atoms with Crippen LogP contribution >= 0.6 is 15.9 Å². The zero-order chi connectivity index (χ0) is 11.8. The maximum absolute atomic E-state index is 11.6. The first-order valence-electron chi connectivity index (χ1n) is 4.97. The molecule has 3 heterocycles. The van der Waals surface area contributed by atoms with Crippen molar-refractivity contribution in [1.82, 2.24) is 9.97 Å². The van der Waals surface area contributed by atoms with E-state index in [1.807, 2.05) is 6.07 Å². The molecule has 0 atom stereocenters. The lowest BCUT2D eigenvalue weighted by Gasteiger charge is -2.02. The topological polar surface area (TPSA) is 58.9 Å². The number of rotatable bonds is 1. The van der Waals surface area contributed by atoms with Crippen LogP contribution in [0, 0.1) is 0 Å². The van der Waals surface area contributed by atoms with Crippen molar-refractivity contribution in [2.75, 3.05) is 0 Å². The van der Waals surface area contributed by atoms with E-state index >= 15 is 0 Å². The molecule has 3 aromatic heterocycles. The van der Waals surface area contributed by atoms with Crippen molar-refractivity contribution in [3.63, 3.8) is 0 Å². The predicted molar refractivity (Wildman–Crippen MR) is 67.8 cm³/mol. The molecule has 17 heavy (non-hydrogen) atoms. The lowest BCUT2D eigenvalue weighted by Crippen LogP contribution is -2.02. The fraction of sp³-hybridized carbons (Fsp3) is 0. The molecule has 4 nitrogen and oxygen atoms in total. The minimum absolute atomic E-state index is 0.0575. The molecule has 0 radical (unpaired) electrons. The predicted octanol–water partition coefficient (Wildman–Crippen LogP) is 2.95. The molecule has 0 saturated heterocycles. The molecular formula is C12H7BrN2O2. The van der Waals surface area contributed by atoms with Gasteiger partial charge in [0.1, 0.15) is 11.3 Å². The van der Waals surface area contributed by atoms with Gasteiger partial charge >= 0.3 is 0 Å². The molecule has 3 aromatic rings. The van der Waals surface area contributed by atoms with E-state index in [-0.39, 0.29) is 5.43 Å². The summed E-state index contributed by atoms with van der Waals surface area (Å²) in [4.78, 5) is 19.0. The molecule has 0 aromatic carbocycles. The minimum atomic E-state index is -0.0575. The van der Waals surface area contributed by atoms with Gasteiger partial charge in [-0.3, -0.25) is 4.79 Å². The molecule has 5 heteroatoms. The summed E-state index contributed by atoms with van der Waals surface area (Å²) in [6.07, 6.45) is 3.17. The van der Waals surface area contributed by atoms with Gasteiger partial charge in [-0.25, -0.2) is 4.98 Å². The molecular weight excluding hydrogens is 284 g/mol. The first kappa shape index (κ1) is 10.3. The molecule has 1 N–H and O–H groups in total. The lowest BCUT2D eigenvalue weighted by molar-refractivity contribution is 0.580. The Labute approximate surface area is 104 Å². The van der Waals surface area contributed by atoms with Gasteiger partial charge in [-0.1, -0.05) is 0 Å². The smallest absolute Gasteiger partial charge is 0.191 e. The van der Waals surface area contributed by atoms with Crippen LogP contribution in [0.25, 0.3) is 22.5 Å². The number of hydrogen-bond acceptors (Lipinski definition) is 3. The van der Waals surface area contributed by atoms with E-state index in [1.54, 1.807) is 24.6 Å². The molecule has 0 unspecified atom stereocenters. The standard InChI is InChI=1S/C12H7BrN2O2/c13-8-6-7-9(16)3-4-14-12(7)15-11(8)10-2-1-5-17-10/h1-6H,(H,14,15,16). The largest absolute Gasteiger partial charge is 0.463 e. The normalized spacial score (nSPS) is 10.9. The second-order valence-corrected chi connectivity index (χ2v) is 4.39.